The first kappa shape index (κ1) is 26.4. The Morgan fingerprint density at radius 1 is 1.18 bits per heavy atom. The Morgan fingerprint density at radius 3 is 2.89 bits per heavy atom. The first-order valence-electron chi connectivity index (χ1n) is 13.7. The van der Waals surface area contributed by atoms with Crippen molar-refractivity contribution in [3.05, 3.63) is 35.5 Å². The number of alkyl halides is 2. The van der Waals surface area contributed by atoms with Gasteiger partial charge in [0.25, 0.3) is 6.43 Å². The van der Waals surface area contributed by atoms with E-state index < -0.39 is 6.43 Å². The van der Waals surface area contributed by atoms with E-state index >= 15 is 0 Å². The minimum absolute atomic E-state index is 0.0998. The van der Waals surface area contributed by atoms with E-state index in [1.807, 2.05) is 6.07 Å². The van der Waals surface area contributed by atoms with Gasteiger partial charge in [-0.15, -0.1) is 0 Å². The molecule has 2 aromatic rings. The topological polar surface area (TPSA) is 85.9 Å². The maximum Gasteiger partial charge on any atom is 0.409 e. The molecule has 1 atom stereocenters. The number of rotatable bonds is 10. The zero-order chi connectivity index (χ0) is 26.5. The van der Waals surface area contributed by atoms with Crippen LogP contribution in [0, 0.1) is 0 Å². The summed E-state index contributed by atoms with van der Waals surface area (Å²) in [6.07, 6.45) is 2.91. The monoisotopic (exact) mass is 529 g/mol. The number of benzene rings is 1. The van der Waals surface area contributed by atoms with Crippen LogP contribution in [0.25, 0.3) is 0 Å². The molecular formula is C27H37F2N7O2. The molecule has 206 valence electrons. The largest absolute Gasteiger partial charge is 0.449 e. The van der Waals surface area contributed by atoms with Crippen LogP contribution in [0.1, 0.15) is 50.2 Å². The van der Waals surface area contributed by atoms with Crippen molar-refractivity contribution >= 4 is 29.2 Å². The second-order valence-electron chi connectivity index (χ2n) is 10.1. The minimum Gasteiger partial charge on any atom is -0.449 e. The van der Waals surface area contributed by atoms with Crippen molar-refractivity contribution in [2.24, 2.45) is 0 Å². The predicted octanol–water partition coefficient (Wildman–Crippen LogP) is 4.65. The number of cyclic esters (lactones) is 1. The molecule has 3 aliphatic rings. The summed E-state index contributed by atoms with van der Waals surface area (Å²) >= 11 is 0. The van der Waals surface area contributed by atoms with Crippen LogP contribution in [0.2, 0.25) is 0 Å². The lowest BCUT2D eigenvalue weighted by molar-refractivity contribution is 0.0729. The molecular weight excluding hydrogens is 492 g/mol. The van der Waals surface area contributed by atoms with Gasteiger partial charge in [0, 0.05) is 62.9 Å². The fourth-order valence-corrected chi connectivity index (χ4v) is 5.57. The number of aryl methyl sites for hydroxylation is 1. The number of carbonyl (C=O) groups excluding carboxylic acids is 1. The Hall–Kier alpha value is -3.21. The smallest absolute Gasteiger partial charge is 0.409 e. The van der Waals surface area contributed by atoms with Crippen molar-refractivity contribution in [2.75, 3.05) is 68.0 Å². The summed E-state index contributed by atoms with van der Waals surface area (Å²) in [4.78, 5) is 27.0. The molecule has 1 amide bonds. The van der Waals surface area contributed by atoms with Crippen LogP contribution in [0.3, 0.4) is 0 Å². The van der Waals surface area contributed by atoms with Gasteiger partial charge in [-0.2, -0.15) is 4.98 Å². The van der Waals surface area contributed by atoms with Gasteiger partial charge in [0.1, 0.15) is 5.82 Å². The van der Waals surface area contributed by atoms with Gasteiger partial charge in [0.2, 0.25) is 5.95 Å². The van der Waals surface area contributed by atoms with Crippen LogP contribution in [0.4, 0.5) is 36.7 Å². The molecule has 5 rings (SSSR count). The maximum atomic E-state index is 13.6. The second kappa shape index (κ2) is 12.1. The lowest BCUT2D eigenvalue weighted by Crippen LogP contribution is -2.50. The average molecular weight is 530 g/mol. The number of ether oxygens (including phenoxy) is 1. The Morgan fingerprint density at radius 2 is 2.08 bits per heavy atom. The SMILES string of the molecule is CCc1cc(N2CCN3CCC[C@H]3C2)ccc1Nc1ncc(C(F)F)c(NCCCN2CCCOC2=O)n1. The maximum absolute atomic E-state index is 13.6. The highest BCUT2D eigenvalue weighted by Crippen LogP contribution is 2.31. The van der Waals surface area contributed by atoms with E-state index in [2.05, 4.69) is 49.5 Å². The third-order valence-electron chi connectivity index (χ3n) is 7.67. The van der Waals surface area contributed by atoms with Crippen molar-refractivity contribution in [1.29, 1.82) is 0 Å². The number of hydrogen-bond donors (Lipinski definition) is 2. The number of halogens is 2. The molecule has 2 N–H and O–H groups in total. The predicted molar refractivity (Wildman–Crippen MR) is 144 cm³/mol. The summed E-state index contributed by atoms with van der Waals surface area (Å²) in [5, 5.41) is 6.26. The number of aromatic nitrogens is 2. The molecule has 1 aromatic heterocycles. The highest BCUT2D eigenvalue weighted by Gasteiger charge is 2.30. The van der Waals surface area contributed by atoms with E-state index in [1.54, 1.807) is 4.90 Å². The molecule has 0 aliphatic carbocycles. The van der Waals surface area contributed by atoms with Crippen LogP contribution < -0.4 is 15.5 Å². The highest BCUT2D eigenvalue weighted by molar-refractivity contribution is 5.68. The standard InChI is InChI=1S/C27H37F2N7O2/c1-2-19-16-20(36-14-13-34-10-3-6-21(34)18-36)7-8-23(19)32-26-31-17-22(24(28)29)25(33-26)30-9-4-11-35-12-5-15-38-27(35)37/h7-8,16-17,21,24H,2-6,9-15,18H2,1H3,(H2,30,31,32,33)/t21-/m0/s1. The van der Waals surface area contributed by atoms with Crippen LogP contribution in [0.15, 0.2) is 24.4 Å². The third kappa shape index (κ3) is 6.09. The van der Waals surface area contributed by atoms with Crippen molar-refractivity contribution in [1.82, 2.24) is 19.8 Å². The number of fused-ring (bicyclic) bond motifs is 1. The second-order valence-corrected chi connectivity index (χ2v) is 10.1. The Bertz CT molecular complexity index is 1120. The number of amides is 1. The van der Waals surface area contributed by atoms with Gasteiger partial charge >= 0.3 is 6.09 Å². The molecule has 0 spiro atoms. The molecule has 3 aliphatic heterocycles. The zero-order valence-corrected chi connectivity index (χ0v) is 22.0. The lowest BCUT2D eigenvalue weighted by atomic mass is 10.1. The van der Waals surface area contributed by atoms with Gasteiger partial charge in [-0.3, -0.25) is 4.90 Å². The van der Waals surface area contributed by atoms with E-state index in [9.17, 15) is 13.6 Å². The molecule has 4 heterocycles. The molecule has 11 heteroatoms. The number of carbonyl (C=O) groups is 1. The average Bonchev–Trinajstić information content (AvgIpc) is 3.40. The number of hydrogen-bond acceptors (Lipinski definition) is 8. The highest BCUT2D eigenvalue weighted by atomic mass is 19.3. The first-order valence-corrected chi connectivity index (χ1v) is 13.7. The number of nitrogens with zero attached hydrogens (tertiary/aromatic N) is 5. The minimum atomic E-state index is -2.70. The molecule has 9 nitrogen and oxygen atoms in total. The van der Waals surface area contributed by atoms with Crippen molar-refractivity contribution < 1.29 is 18.3 Å². The summed E-state index contributed by atoms with van der Waals surface area (Å²) in [6.45, 7) is 8.49. The van der Waals surface area contributed by atoms with Crippen molar-refractivity contribution in [2.45, 2.75) is 51.5 Å². The van der Waals surface area contributed by atoms with Crippen LogP contribution in [0.5, 0.6) is 0 Å². The fraction of sp³-hybridized carbons (Fsp3) is 0.593. The first-order chi connectivity index (χ1) is 18.5. The van der Waals surface area contributed by atoms with E-state index in [-0.39, 0.29) is 23.4 Å². The van der Waals surface area contributed by atoms with Crippen LogP contribution >= 0.6 is 0 Å². The van der Waals surface area contributed by atoms with Crippen molar-refractivity contribution in [3.8, 4) is 0 Å². The van der Waals surface area contributed by atoms with Gasteiger partial charge in [0.05, 0.1) is 12.2 Å². The van der Waals surface area contributed by atoms with Crippen LogP contribution in [-0.2, 0) is 11.2 Å². The van der Waals surface area contributed by atoms with Gasteiger partial charge < -0.3 is 25.2 Å². The number of anilines is 4. The summed E-state index contributed by atoms with van der Waals surface area (Å²) in [5.74, 6) is 0.362. The van der Waals surface area contributed by atoms with E-state index in [4.69, 9.17) is 4.74 Å². The molecule has 38 heavy (non-hydrogen) atoms. The molecule has 0 radical (unpaired) electrons. The van der Waals surface area contributed by atoms with Gasteiger partial charge in [-0.05, 0) is 62.4 Å². The Balaban J connectivity index is 1.24. The molecule has 0 bridgehead atoms. The summed E-state index contributed by atoms with van der Waals surface area (Å²) < 4.78 is 32.3. The fourth-order valence-electron chi connectivity index (χ4n) is 5.57. The molecule has 3 saturated heterocycles. The molecule has 3 fully saturated rings. The number of nitrogens with one attached hydrogen (secondary N) is 2. The zero-order valence-electron chi connectivity index (χ0n) is 22.0. The van der Waals surface area contributed by atoms with E-state index in [1.165, 1.54) is 31.3 Å². The Labute approximate surface area is 222 Å². The van der Waals surface area contributed by atoms with Gasteiger partial charge in [-0.25, -0.2) is 18.6 Å². The molecule has 0 saturated carbocycles. The van der Waals surface area contributed by atoms with E-state index in [0.717, 1.165) is 43.7 Å². The quantitative estimate of drug-likeness (QED) is 0.431. The molecule has 0 unspecified atom stereocenters. The number of piperazine rings is 1. The third-order valence-corrected chi connectivity index (χ3v) is 7.67. The normalized spacial score (nSPS) is 20.0. The summed E-state index contributed by atoms with van der Waals surface area (Å²) in [5.41, 5.74) is 2.97. The lowest BCUT2D eigenvalue weighted by Gasteiger charge is -2.39. The Kier molecular flexibility index (Phi) is 8.41. The van der Waals surface area contributed by atoms with Gasteiger partial charge in [-0.1, -0.05) is 6.92 Å². The summed E-state index contributed by atoms with van der Waals surface area (Å²) in [6, 6.07) is 7.01. The van der Waals surface area contributed by atoms with Crippen LogP contribution in [-0.4, -0.2) is 84.3 Å². The molecule has 1 aromatic carbocycles. The summed E-state index contributed by atoms with van der Waals surface area (Å²) in [7, 11) is 0. The van der Waals surface area contributed by atoms with Gasteiger partial charge in [0.15, 0.2) is 0 Å². The van der Waals surface area contributed by atoms with Crippen molar-refractivity contribution in [3.63, 3.8) is 0 Å². The van der Waals surface area contributed by atoms with E-state index in [0.29, 0.717) is 38.7 Å².